The Morgan fingerprint density at radius 2 is 0.557 bits per heavy atom. The Labute approximate surface area is 383 Å². The molecule has 61 heavy (non-hydrogen) atoms. The van der Waals surface area contributed by atoms with E-state index in [1.54, 1.807) is 0 Å². The summed E-state index contributed by atoms with van der Waals surface area (Å²) in [7, 11) is 0. The lowest BCUT2D eigenvalue weighted by molar-refractivity contribution is -0.124. The fraction of sp³-hybridized carbons (Fsp3) is 0.982. The van der Waals surface area contributed by atoms with Gasteiger partial charge in [-0.15, -0.1) is 0 Å². The molecule has 0 aliphatic rings. The van der Waals surface area contributed by atoms with E-state index in [0.29, 0.717) is 12.8 Å². The van der Waals surface area contributed by atoms with Crippen molar-refractivity contribution in [1.82, 2.24) is 5.32 Å². The van der Waals surface area contributed by atoms with Crippen LogP contribution in [0.1, 0.15) is 328 Å². The average molecular weight is 865 g/mol. The summed E-state index contributed by atoms with van der Waals surface area (Å²) >= 11 is 0. The summed E-state index contributed by atoms with van der Waals surface area (Å²) in [5.41, 5.74) is 0. The normalized spacial score (nSPS) is 13.2. The van der Waals surface area contributed by atoms with Gasteiger partial charge in [0.1, 0.15) is 6.10 Å². The van der Waals surface area contributed by atoms with Crippen molar-refractivity contribution in [2.75, 3.05) is 6.61 Å². The quantitative estimate of drug-likeness (QED) is 0.0459. The van der Waals surface area contributed by atoms with Gasteiger partial charge in [0, 0.05) is 6.42 Å². The summed E-state index contributed by atoms with van der Waals surface area (Å²) in [5.74, 6) is -0.136. The molecule has 0 aliphatic heterocycles. The maximum Gasteiger partial charge on any atom is 0.220 e. The fourth-order valence-electron chi connectivity index (χ4n) is 9.34. The second-order valence-electron chi connectivity index (χ2n) is 19.9. The van der Waals surface area contributed by atoms with Crippen molar-refractivity contribution in [3.8, 4) is 0 Å². The highest BCUT2D eigenvalue weighted by Gasteiger charge is 2.26. The van der Waals surface area contributed by atoms with E-state index < -0.39 is 18.2 Å². The fourth-order valence-corrected chi connectivity index (χ4v) is 9.34. The number of nitrogens with one attached hydrogen (secondary N) is 1. The van der Waals surface area contributed by atoms with Gasteiger partial charge in [-0.25, -0.2) is 0 Å². The summed E-state index contributed by atoms with van der Waals surface area (Å²) in [6, 6.07) is -0.804. The topological polar surface area (TPSA) is 89.8 Å². The van der Waals surface area contributed by atoms with Crippen LogP contribution in [-0.2, 0) is 4.79 Å². The van der Waals surface area contributed by atoms with Crippen LogP contribution in [0.4, 0.5) is 0 Å². The molecule has 0 bridgehead atoms. The first-order chi connectivity index (χ1) is 30.1. The van der Waals surface area contributed by atoms with Crippen LogP contribution in [0.3, 0.4) is 0 Å². The predicted octanol–water partition coefficient (Wildman–Crippen LogP) is 17.3. The molecule has 0 radical (unpaired) electrons. The third kappa shape index (κ3) is 47.1. The largest absolute Gasteiger partial charge is 0.394 e. The van der Waals surface area contributed by atoms with E-state index in [9.17, 15) is 20.1 Å². The number of hydrogen-bond acceptors (Lipinski definition) is 4. The van der Waals surface area contributed by atoms with Crippen LogP contribution >= 0.6 is 0 Å². The average Bonchev–Trinajstić information content (AvgIpc) is 3.26. The number of hydrogen-bond donors (Lipinski definition) is 4. The van der Waals surface area contributed by atoms with Crippen molar-refractivity contribution >= 4 is 5.91 Å². The van der Waals surface area contributed by atoms with Crippen LogP contribution in [0.5, 0.6) is 0 Å². The Hall–Kier alpha value is -0.650. The number of aliphatic hydroxyl groups excluding tert-OH is 3. The number of carbonyl (C=O) groups excluding carboxylic acids is 1. The van der Waals surface area contributed by atoms with Gasteiger partial charge < -0.3 is 20.6 Å². The monoisotopic (exact) mass is 864 g/mol. The zero-order chi connectivity index (χ0) is 44.4. The van der Waals surface area contributed by atoms with Gasteiger partial charge >= 0.3 is 0 Å². The first-order valence-corrected chi connectivity index (χ1v) is 28.3. The third-order valence-electron chi connectivity index (χ3n) is 13.7. The van der Waals surface area contributed by atoms with E-state index in [2.05, 4.69) is 19.2 Å². The van der Waals surface area contributed by atoms with Crippen LogP contribution in [0.2, 0.25) is 0 Å². The second-order valence-corrected chi connectivity index (χ2v) is 19.9. The molecule has 0 heterocycles. The van der Waals surface area contributed by atoms with Gasteiger partial charge in [-0.05, 0) is 12.8 Å². The van der Waals surface area contributed by atoms with Crippen LogP contribution in [0.15, 0.2) is 0 Å². The van der Waals surface area contributed by atoms with E-state index in [4.69, 9.17) is 0 Å². The molecule has 0 unspecified atom stereocenters. The Morgan fingerprint density at radius 3 is 0.787 bits per heavy atom. The van der Waals surface area contributed by atoms with Crippen molar-refractivity contribution in [2.45, 2.75) is 347 Å². The molecule has 0 aromatic heterocycles. The molecule has 0 aliphatic carbocycles. The van der Waals surface area contributed by atoms with Gasteiger partial charge in [-0.2, -0.15) is 0 Å². The Balaban J connectivity index is 3.43. The summed E-state index contributed by atoms with van der Waals surface area (Å²) in [6.07, 6.45) is 62.7. The molecule has 1 amide bonds. The summed E-state index contributed by atoms with van der Waals surface area (Å²) in [6.45, 7) is 4.22. The smallest absolute Gasteiger partial charge is 0.220 e. The zero-order valence-electron chi connectivity index (χ0n) is 41.8. The lowest BCUT2D eigenvalue weighted by atomic mass is 9.99. The molecule has 0 fully saturated rings. The highest BCUT2D eigenvalue weighted by atomic mass is 16.3. The number of amides is 1. The number of carbonyl (C=O) groups is 1. The molecule has 0 saturated heterocycles. The molecule has 0 spiro atoms. The standard InChI is InChI=1S/C56H113NO4/c1-3-5-7-9-11-13-15-17-19-20-21-22-23-24-25-26-27-28-29-30-31-32-33-34-35-37-39-41-43-45-47-49-51-55(60)57-53(52-58)56(61)54(59)50-48-46-44-42-40-38-36-18-16-14-12-10-8-6-4-2/h53-54,56,58-59,61H,3-52H2,1-2H3,(H,57,60)/t53-,54+,56-/m0/s1. The maximum atomic E-state index is 12.5. The van der Waals surface area contributed by atoms with Crippen LogP contribution in [-0.4, -0.2) is 46.1 Å². The van der Waals surface area contributed by atoms with E-state index in [1.807, 2.05) is 0 Å². The lowest BCUT2D eigenvalue weighted by Gasteiger charge is -2.26. The first kappa shape index (κ1) is 60.4. The molecule has 3 atom stereocenters. The molecule has 5 heteroatoms. The van der Waals surface area contributed by atoms with Gasteiger partial charge in [0.25, 0.3) is 0 Å². The van der Waals surface area contributed by atoms with Crippen LogP contribution in [0, 0.1) is 0 Å². The SMILES string of the molecule is CCCCCCCCCCCCCCCCCCCCCCCCCCCCCCCCCCC(=O)N[C@@H](CO)[C@H](O)[C@H](O)CCCCCCCCCCCCCCCCC. The molecule has 0 saturated carbocycles. The van der Waals surface area contributed by atoms with Gasteiger partial charge in [-0.3, -0.25) is 4.79 Å². The van der Waals surface area contributed by atoms with Crippen molar-refractivity contribution in [2.24, 2.45) is 0 Å². The van der Waals surface area contributed by atoms with E-state index in [0.717, 1.165) is 32.1 Å². The Morgan fingerprint density at radius 1 is 0.344 bits per heavy atom. The third-order valence-corrected chi connectivity index (χ3v) is 13.7. The molecule has 0 aromatic carbocycles. The van der Waals surface area contributed by atoms with Crippen molar-refractivity contribution in [3.63, 3.8) is 0 Å². The van der Waals surface area contributed by atoms with Crippen molar-refractivity contribution < 1.29 is 20.1 Å². The highest BCUT2D eigenvalue weighted by Crippen LogP contribution is 2.19. The lowest BCUT2D eigenvalue weighted by Crippen LogP contribution is -2.50. The molecular weight excluding hydrogens is 751 g/mol. The highest BCUT2D eigenvalue weighted by molar-refractivity contribution is 5.76. The van der Waals surface area contributed by atoms with Crippen molar-refractivity contribution in [1.29, 1.82) is 0 Å². The Kier molecular flexibility index (Phi) is 51.4. The maximum absolute atomic E-state index is 12.5. The minimum absolute atomic E-state index is 0.136. The first-order valence-electron chi connectivity index (χ1n) is 28.3. The van der Waals surface area contributed by atoms with Crippen LogP contribution in [0.25, 0.3) is 0 Å². The zero-order valence-corrected chi connectivity index (χ0v) is 41.8. The minimum atomic E-state index is -1.13. The second kappa shape index (κ2) is 52.0. The van der Waals surface area contributed by atoms with Gasteiger partial charge in [0.15, 0.2) is 0 Å². The van der Waals surface area contributed by atoms with E-state index >= 15 is 0 Å². The number of aliphatic hydroxyl groups is 3. The Bertz CT molecular complexity index is 822. The summed E-state index contributed by atoms with van der Waals surface area (Å²) in [4.78, 5) is 12.5. The van der Waals surface area contributed by atoms with E-state index in [-0.39, 0.29) is 12.5 Å². The summed E-state index contributed by atoms with van der Waals surface area (Å²) in [5, 5.41) is 33.7. The molecule has 4 N–H and O–H groups in total. The molecule has 5 nitrogen and oxygen atoms in total. The van der Waals surface area contributed by atoms with Gasteiger partial charge in [-0.1, -0.05) is 309 Å². The molecule has 0 aromatic rings. The minimum Gasteiger partial charge on any atom is -0.394 e. The van der Waals surface area contributed by atoms with Crippen molar-refractivity contribution in [3.05, 3.63) is 0 Å². The number of rotatable bonds is 53. The summed E-state index contributed by atoms with van der Waals surface area (Å²) < 4.78 is 0. The molecular formula is C56H113NO4. The molecule has 0 rings (SSSR count). The predicted molar refractivity (Wildman–Crippen MR) is 269 cm³/mol. The number of unbranched alkanes of at least 4 members (excludes halogenated alkanes) is 45. The van der Waals surface area contributed by atoms with Crippen LogP contribution < -0.4 is 5.32 Å². The molecule has 366 valence electrons. The van der Waals surface area contributed by atoms with Gasteiger partial charge in [0.2, 0.25) is 5.91 Å². The van der Waals surface area contributed by atoms with Gasteiger partial charge in [0.05, 0.1) is 18.8 Å². The van der Waals surface area contributed by atoms with E-state index in [1.165, 1.54) is 270 Å².